The van der Waals surface area contributed by atoms with Crippen molar-refractivity contribution in [2.75, 3.05) is 32.6 Å². The number of rotatable bonds is 6. The number of aliphatic imine (C=N–C) groups is 1. The van der Waals surface area contributed by atoms with Crippen LogP contribution in [-0.4, -0.2) is 50.0 Å². The first-order valence-electron chi connectivity index (χ1n) is 9.49. The first kappa shape index (κ1) is 24.2. The van der Waals surface area contributed by atoms with E-state index in [-0.39, 0.29) is 41.8 Å². The lowest BCUT2D eigenvalue weighted by Crippen LogP contribution is -2.46. The molecule has 1 aliphatic rings. The number of methoxy groups -OCH3 is 1. The molecule has 2 N–H and O–H groups in total. The fourth-order valence-corrected chi connectivity index (χ4v) is 3.16. The Morgan fingerprint density at radius 1 is 1.21 bits per heavy atom. The number of benzene rings is 1. The molecule has 1 aliphatic heterocycles. The smallest absolute Gasteiger partial charge is 0.308 e. The van der Waals surface area contributed by atoms with Crippen molar-refractivity contribution in [2.45, 2.75) is 39.2 Å². The number of carbonyl (C=O) groups excluding carboxylic acids is 2. The summed E-state index contributed by atoms with van der Waals surface area (Å²) in [4.78, 5) is 29.8. The van der Waals surface area contributed by atoms with E-state index < -0.39 is 0 Å². The molecule has 1 fully saturated rings. The average Bonchev–Trinajstić information content (AvgIpc) is 2.69. The lowest BCUT2D eigenvalue weighted by molar-refractivity contribution is -0.146. The fraction of sp³-hybridized carbons (Fsp3) is 0.550. The minimum atomic E-state index is -0.122. The molecule has 1 saturated heterocycles. The van der Waals surface area contributed by atoms with Crippen LogP contribution in [0.5, 0.6) is 0 Å². The van der Waals surface area contributed by atoms with E-state index >= 15 is 0 Å². The average molecular weight is 502 g/mol. The number of amides is 1. The molecule has 0 aliphatic carbocycles. The van der Waals surface area contributed by atoms with E-state index in [4.69, 9.17) is 4.74 Å². The van der Waals surface area contributed by atoms with Crippen molar-refractivity contribution in [1.82, 2.24) is 10.2 Å². The van der Waals surface area contributed by atoms with E-state index in [1.165, 1.54) is 7.11 Å². The van der Waals surface area contributed by atoms with Gasteiger partial charge in [0.25, 0.3) is 0 Å². The van der Waals surface area contributed by atoms with Gasteiger partial charge in [0.05, 0.1) is 13.0 Å². The van der Waals surface area contributed by atoms with Gasteiger partial charge < -0.3 is 20.3 Å². The van der Waals surface area contributed by atoms with E-state index in [0.29, 0.717) is 13.0 Å². The summed E-state index contributed by atoms with van der Waals surface area (Å²) >= 11 is 0. The molecule has 2 rings (SSSR count). The van der Waals surface area contributed by atoms with E-state index in [2.05, 4.69) is 20.5 Å². The quantitative estimate of drug-likeness (QED) is 0.271. The van der Waals surface area contributed by atoms with Gasteiger partial charge in [-0.25, -0.2) is 0 Å². The van der Waals surface area contributed by atoms with Gasteiger partial charge in [0, 0.05) is 38.8 Å². The fourth-order valence-electron chi connectivity index (χ4n) is 3.16. The highest BCUT2D eigenvalue weighted by atomic mass is 127. The van der Waals surface area contributed by atoms with Gasteiger partial charge in [-0.2, -0.15) is 0 Å². The summed E-state index contributed by atoms with van der Waals surface area (Å²) in [5, 5.41) is 6.25. The molecule has 1 aromatic rings. The van der Waals surface area contributed by atoms with Crippen molar-refractivity contribution < 1.29 is 14.3 Å². The van der Waals surface area contributed by atoms with E-state index in [0.717, 1.165) is 49.6 Å². The lowest BCUT2D eigenvalue weighted by atomic mass is 9.97. The molecule has 0 radical (unpaired) electrons. The SMILES string of the molecule is CCCC(=O)Nc1ccc(CNC(=NC)N2CCC(C(=O)OC)CC2)cc1.I. The van der Waals surface area contributed by atoms with Crippen LogP contribution in [0, 0.1) is 5.92 Å². The van der Waals surface area contributed by atoms with Crippen LogP contribution in [0.2, 0.25) is 0 Å². The zero-order chi connectivity index (χ0) is 19.6. The number of hydrogen-bond acceptors (Lipinski definition) is 4. The van der Waals surface area contributed by atoms with Crippen molar-refractivity contribution in [3.05, 3.63) is 29.8 Å². The van der Waals surface area contributed by atoms with Crippen LogP contribution in [0.15, 0.2) is 29.3 Å². The van der Waals surface area contributed by atoms with Gasteiger partial charge in [-0.15, -0.1) is 24.0 Å². The number of esters is 1. The first-order valence-corrected chi connectivity index (χ1v) is 9.49. The first-order chi connectivity index (χ1) is 13.1. The lowest BCUT2D eigenvalue weighted by Gasteiger charge is -2.33. The van der Waals surface area contributed by atoms with Gasteiger partial charge in [0.2, 0.25) is 5.91 Å². The van der Waals surface area contributed by atoms with E-state index in [1.807, 2.05) is 31.2 Å². The number of nitrogens with one attached hydrogen (secondary N) is 2. The molecule has 0 bridgehead atoms. The highest BCUT2D eigenvalue weighted by molar-refractivity contribution is 14.0. The number of nitrogens with zero attached hydrogens (tertiary/aromatic N) is 2. The molecule has 8 heteroatoms. The van der Waals surface area contributed by atoms with Crippen molar-refractivity contribution in [2.24, 2.45) is 10.9 Å². The number of ether oxygens (including phenoxy) is 1. The summed E-state index contributed by atoms with van der Waals surface area (Å²) < 4.78 is 4.83. The van der Waals surface area contributed by atoms with Gasteiger partial charge in [-0.3, -0.25) is 14.6 Å². The van der Waals surface area contributed by atoms with Gasteiger partial charge >= 0.3 is 5.97 Å². The van der Waals surface area contributed by atoms with Crippen LogP contribution in [0.1, 0.15) is 38.2 Å². The number of hydrogen-bond donors (Lipinski definition) is 2. The minimum Gasteiger partial charge on any atom is -0.469 e. The number of anilines is 1. The Bertz CT molecular complexity index is 656. The highest BCUT2D eigenvalue weighted by Crippen LogP contribution is 2.18. The third kappa shape index (κ3) is 7.29. The minimum absolute atomic E-state index is 0. The number of carbonyl (C=O) groups is 2. The van der Waals surface area contributed by atoms with Crippen LogP contribution in [0.25, 0.3) is 0 Å². The largest absolute Gasteiger partial charge is 0.469 e. The summed E-state index contributed by atoms with van der Waals surface area (Å²) in [6.07, 6.45) is 2.93. The van der Waals surface area contributed by atoms with Gasteiger partial charge in [-0.1, -0.05) is 19.1 Å². The predicted octanol–water partition coefficient (Wildman–Crippen LogP) is 3.00. The summed E-state index contributed by atoms with van der Waals surface area (Å²) in [5.41, 5.74) is 1.92. The summed E-state index contributed by atoms with van der Waals surface area (Å²) in [6.45, 7) is 4.19. The molecule has 0 atom stereocenters. The Labute approximate surface area is 184 Å². The van der Waals surface area contributed by atoms with Crippen LogP contribution >= 0.6 is 24.0 Å². The molecule has 0 saturated carbocycles. The van der Waals surface area contributed by atoms with Crippen LogP contribution in [-0.2, 0) is 20.9 Å². The summed E-state index contributed by atoms with van der Waals surface area (Å²) in [7, 11) is 3.21. The van der Waals surface area contributed by atoms with E-state index in [1.54, 1.807) is 7.05 Å². The van der Waals surface area contributed by atoms with Crippen LogP contribution < -0.4 is 10.6 Å². The second kappa shape index (κ2) is 12.6. The summed E-state index contributed by atoms with van der Waals surface area (Å²) in [5.74, 6) is 0.737. The molecule has 0 spiro atoms. The normalized spacial score (nSPS) is 14.8. The number of guanidine groups is 1. The Hall–Kier alpha value is -1.84. The third-order valence-corrected chi connectivity index (χ3v) is 4.71. The molecule has 0 unspecified atom stereocenters. The number of halogens is 1. The topological polar surface area (TPSA) is 83.0 Å². The molecule has 28 heavy (non-hydrogen) atoms. The molecule has 156 valence electrons. The van der Waals surface area contributed by atoms with Crippen LogP contribution in [0.4, 0.5) is 5.69 Å². The van der Waals surface area contributed by atoms with Crippen molar-refractivity contribution in [3.63, 3.8) is 0 Å². The van der Waals surface area contributed by atoms with Gasteiger partial charge in [0.15, 0.2) is 5.96 Å². The maximum atomic E-state index is 11.6. The zero-order valence-corrected chi connectivity index (χ0v) is 19.2. The maximum Gasteiger partial charge on any atom is 0.308 e. The number of piperidine rings is 1. The number of likely N-dealkylation sites (tertiary alicyclic amines) is 1. The molecule has 1 aromatic carbocycles. The monoisotopic (exact) mass is 502 g/mol. The Morgan fingerprint density at radius 2 is 1.86 bits per heavy atom. The summed E-state index contributed by atoms with van der Waals surface area (Å²) in [6, 6.07) is 7.81. The van der Waals surface area contributed by atoms with E-state index in [9.17, 15) is 9.59 Å². The molecule has 0 aromatic heterocycles. The molecular weight excluding hydrogens is 471 g/mol. The van der Waals surface area contributed by atoms with Crippen molar-refractivity contribution in [3.8, 4) is 0 Å². The zero-order valence-electron chi connectivity index (χ0n) is 16.9. The standard InChI is InChI=1S/C20H30N4O3.HI/c1-4-5-18(25)23-17-8-6-15(7-9-17)14-22-20(21-2)24-12-10-16(11-13-24)19(26)27-3;/h6-9,16H,4-5,10-14H2,1-3H3,(H,21,22)(H,23,25);1H. The van der Waals surface area contributed by atoms with Gasteiger partial charge in [0.1, 0.15) is 0 Å². The predicted molar refractivity (Wildman–Crippen MR) is 122 cm³/mol. The second-order valence-electron chi connectivity index (χ2n) is 6.68. The van der Waals surface area contributed by atoms with Crippen molar-refractivity contribution in [1.29, 1.82) is 0 Å². The van der Waals surface area contributed by atoms with Crippen molar-refractivity contribution >= 4 is 47.5 Å². The Morgan fingerprint density at radius 3 is 2.39 bits per heavy atom. The third-order valence-electron chi connectivity index (χ3n) is 4.71. The second-order valence-corrected chi connectivity index (χ2v) is 6.68. The molecular formula is C20H31IN4O3. The Balaban J connectivity index is 0.00000392. The molecule has 7 nitrogen and oxygen atoms in total. The molecule has 1 amide bonds. The van der Waals surface area contributed by atoms with Crippen LogP contribution in [0.3, 0.4) is 0 Å². The highest BCUT2D eigenvalue weighted by Gasteiger charge is 2.26. The Kier molecular flexibility index (Phi) is 10.9. The molecule has 1 heterocycles. The van der Waals surface area contributed by atoms with Gasteiger partial charge in [-0.05, 0) is 37.0 Å². The maximum absolute atomic E-state index is 11.6.